The van der Waals surface area contributed by atoms with Gasteiger partial charge in [-0.1, -0.05) is 12.1 Å². The third-order valence-corrected chi connectivity index (χ3v) is 3.37. The van der Waals surface area contributed by atoms with Gasteiger partial charge in [0.05, 0.1) is 12.1 Å². The molecule has 0 saturated heterocycles. The number of rotatable bonds is 3. The molecule has 0 saturated carbocycles. The molecule has 3 rings (SSSR count). The second-order valence-corrected chi connectivity index (χ2v) is 4.65. The highest BCUT2D eigenvalue weighted by Gasteiger charge is 2.18. The van der Waals surface area contributed by atoms with Gasteiger partial charge in [0.15, 0.2) is 0 Å². The summed E-state index contributed by atoms with van der Waals surface area (Å²) in [5, 5.41) is 1.11. The van der Waals surface area contributed by atoms with E-state index in [0.29, 0.717) is 0 Å². The Bertz CT molecular complexity index is 609. The predicted molar refractivity (Wildman–Crippen MR) is 75.1 cm³/mol. The number of nitrogens with two attached hydrogens (primary N) is 1. The highest BCUT2D eigenvalue weighted by molar-refractivity contribution is 5.79. The summed E-state index contributed by atoms with van der Waals surface area (Å²) in [6.45, 7) is 0.763. The number of ether oxygens (including phenoxy) is 1. The summed E-state index contributed by atoms with van der Waals surface area (Å²) in [7, 11) is 0. The van der Waals surface area contributed by atoms with Crippen LogP contribution >= 0.6 is 0 Å². The zero-order valence-corrected chi connectivity index (χ0v) is 10.7. The number of hydrogen-bond acceptors (Lipinski definition) is 4. The molecule has 0 bridgehead atoms. The van der Waals surface area contributed by atoms with E-state index in [2.05, 4.69) is 28.6 Å². The molecule has 2 aromatic rings. The maximum atomic E-state index is 5.70. The van der Waals surface area contributed by atoms with Crippen molar-refractivity contribution in [1.29, 1.82) is 0 Å². The lowest BCUT2D eigenvalue weighted by Gasteiger charge is -2.23. The SMILES string of the molecule is NNC(C1=CCCCO1)c1ccc2ncccc2c1. The Balaban J connectivity index is 1.98. The summed E-state index contributed by atoms with van der Waals surface area (Å²) in [5.74, 6) is 6.61. The van der Waals surface area contributed by atoms with Crippen LogP contribution in [0.25, 0.3) is 10.9 Å². The van der Waals surface area contributed by atoms with Crippen LogP contribution in [-0.4, -0.2) is 11.6 Å². The van der Waals surface area contributed by atoms with Crippen LogP contribution in [0.5, 0.6) is 0 Å². The van der Waals surface area contributed by atoms with E-state index in [4.69, 9.17) is 10.6 Å². The molecule has 19 heavy (non-hydrogen) atoms. The number of nitrogens with one attached hydrogen (secondary N) is 1. The smallest absolute Gasteiger partial charge is 0.115 e. The van der Waals surface area contributed by atoms with Crippen LogP contribution in [0, 0.1) is 0 Å². The minimum Gasteiger partial charge on any atom is -0.496 e. The van der Waals surface area contributed by atoms with Gasteiger partial charge in [-0.05, 0) is 42.7 Å². The molecule has 3 N–H and O–H groups in total. The monoisotopic (exact) mass is 255 g/mol. The second kappa shape index (κ2) is 5.38. The van der Waals surface area contributed by atoms with Crippen molar-refractivity contribution in [2.24, 2.45) is 5.84 Å². The molecule has 2 heterocycles. The molecule has 1 aromatic carbocycles. The highest BCUT2D eigenvalue weighted by Crippen LogP contribution is 2.27. The van der Waals surface area contributed by atoms with Crippen molar-refractivity contribution in [3.63, 3.8) is 0 Å². The standard InChI is InChI=1S/C15H17N3O/c16-18-15(14-5-1-2-9-19-14)12-6-7-13-11(10-12)4-3-8-17-13/h3-8,10,15,18H,1-2,9,16H2. The van der Waals surface area contributed by atoms with Crippen LogP contribution in [0.4, 0.5) is 0 Å². The number of aromatic nitrogens is 1. The summed E-state index contributed by atoms with van der Waals surface area (Å²) < 4.78 is 5.70. The predicted octanol–water partition coefficient (Wildman–Crippen LogP) is 2.43. The normalized spacial score (nSPS) is 16.8. The zero-order chi connectivity index (χ0) is 13.1. The Hall–Kier alpha value is -1.91. The summed E-state index contributed by atoms with van der Waals surface area (Å²) >= 11 is 0. The lowest BCUT2D eigenvalue weighted by atomic mass is 10.0. The van der Waals surface area contributed by atoms with Gasteiger partial charge >= 0.3 is 0 Å². The van der Waals surface area contributed by atoms with E-state index in [9.17, 15) is 0 Å². The molecule has 0 amide bonds. The number of fused-ring (bicyclic) bond motifs is 1. The van der Waals surface area contributed by atoms with E-state index in [1.165, 1.54) is 0 Å². The molecule has 0 radical (unpaired) electrons. The Kier molecular flexibility index (Phi) is 3.44. The fourth-order valence-corrected chi connectivity index (χ4v) is 2.39. The second-order valence-electron chi connectivity index (χ2n) is 4.65. The third-order valence-electron chi connectivity index (χ3n) is 3.37. The Morgan fingerprint density at radius 1 is 1.32 bits per heavy atom. The molecule has 1 aliphatic heterocycles. The van der Waals surface area contributed by atoms with Gasteiger partial charge in [0.25, 0.3) is 0 Å². The molecule has 0 fully saturated rings. The minimum atomic E-state index is -0.0927. The van der Waals surface area contributed by atoms with Gasteiger partial charge in [-0.25, -0.2) is 5.43 Å². The topological polar surface area (TPSA) is 60.2 Å². The third kappa shape index (κ3) is 2.45. The van der Waals surface area contributed by atoms with Gasteiger partial charge in [-0.3, -0.25) is 10.8 Å². The number of benzene rings is 1. The lowest BCUT2D eigenvalue weighted by molar-refractivity contribution is 0.168. The molecule has 1 aliphatic rings. The largest absolute Gasteiger partial charge is 0.496 e. The molecule has 1 unspecified atom stereocenters. The molecular formula is C15H17N3O. The molecular weight excluding hydrogens is 238 g/mol. The van der Waals surface area contributed by atoms with E-state index >= 15 is 0 Å². The summed E-state index contributed by atoms with van der Waals surface area (Å²) in [4.78, 5) is 4.32. The van der Waals surface area contributed by atoms with Crippen LogP contribution in [-0.2, 0) is 4.74 Å². The summed E-state index contributed by atoms with van der Waals surface area (Å²) in [6, 6.07) is 10.1. The molecule has 1 aromatic heterocycles. The molecule has 0 aliphatic carbocycles. The Morgan fingerprint density at radius 2 is 2.26 bits per heavy atom. The minimum absolute atomic E-state index is 0.0927. The van der Waals surface area contributed by atoms with Crippen molar-refractivity contribution in [2.45, 2.75) is 18.9 Å². The molecule has 4 nitrogen and oxygen atoms in total. The molecule has 1 atom stereocenters. The van der Waals surface area contributed by atoms with Gasteiger partial charge in [-0.15, -0.1) is 0 Å². The molecule has 98 valence electrons. The van der Waals surface area contributed by atoms with E-state index in [-0.39, 0.29) is 6.04 Å². The number of hydrogen-bond donors (Lipinski definition) is 2. The van der Waals surface area contributed by atoms with Crippen molar-refractivity contribution < 1.29 is 4.74 Å². The van der Waals surface area contributed by atoms with Crippen molar-refractivity contribution in [3.05, 3.63) is 53.9 Å². The van der Waals surface area contributed by atoms with Crippen LogP contribution in [0.1, 0.15) is 24.4 Å². The van der Waals surface area contributed by atoms with Crippen molar-refractivity contribution in [3.8, 4) is 0 Å². The zero-order valence-electron chi connectivity index (χ0n) is 10.7. The fraction of sp³-hybridized carbons (Fsp3) is 0.267. The molecule has 4 heteroatoms. The highest BCUT2D eigenvalue weighted by atomic mass is 16.5. The van der Waals surface area contributed by atoms with E-state index in [1.54, 1.807) is 6.20 Å². The van der Waals surface area contributed by atoms with Gasteiger partial charge in [0, 0.05) is 11.6 Å². The number of hydrazine groups is 1. The van der Waals surface area contributed by atoms with Crippen LogP contribution in [0.2, 0.25) is 0 Å². The first kappa shape index (κ1) is 12.1. The summed E-state index contributed by atoms with van der Waals surface area (Å²) in [5.41, 5.74) is 4.92. The number of allylic oxidation sites excluding steroid dienone is 1. The van der Waals surface area contributed by atoms with Gasteiger partial charge < -0.3 is 4.74 Å². The van der Waals surface area contributed by atoms with Gasteiger partial charge in [-0.2, -0.15) is 0 Å². The van der Waals surface area contributed by atoms with E-state index in [1.807, 2.05) is 18.2 Å². The summed E-state index contributed by atoms with van der Waals surface area (Å²) in [6.07, 6.45) is 6.03. The van der Waals surface area contributed by atoms with Crippen LogP contribution in [0.3, 0.4) is 0 Å². The average molecular weight is 255 g/mol. The van der Waals surface area contributed by atoms with Gasteiger partial charge in [0.1, 0.15) is 11.8 Å². The van der Waals surface area contributed by atoms with Gasteiger partial charge in [0.2, 0.25) is 0 Å². The van der Waals surface area contributed by atoms with Crippen LogP contribution < -0.4 is 11.3 Å². The first-order valence-corrected chi connectivity index (χ1v) is 6.52. The fourth-order valence-electron chi connectivity index (χ4n) is 2.39. The molecule has 0 spiro atoms. The lowest BCUT2D eigenvalue weighted by Crippen LogP contribution is -2.31. The maximum Gasteiger partial charge on any atom is 0.115 e. The number of pyridine rings is 1. The van der Waals surface area contributed by atoms with Crippen molar-refractivity contribution in [2.75, 3.05) is 6.61 Å². The van der Waals surface area contributed by atoms with Crippen molar-refractivity contribution >= 4 is 10.9 Å². The van der Waals surface area contributed by atoms with E-state index < -0.39 is 0 Å². The Labute approximate surface area is 112 Å². The first-order valence-electron chi connectivity index (χ1n) is 6.52. The quantitative estimate of drug-likeness (QED) is 0.653. The number of nitrogens with zero attached hydrogens (tertiary/aromatic N) is 1. The Morgan fingerprint density at radius 3 is 3.05 bits per heavy atom. The first-order chi connectivity index (χ1) is 9.38. The van der Waals surface area contributed by atoms with Crippen molar-refractivity contribution in [1.82, 2.24) is 10.4 Å². The average Bonchev–Trinajstić information content (AvgIpc) is 2.49. The maximum absolute atomic E-state index is 5.70. The van der Waals surface area contributed by atoms with Crippen LogP contribution in [0.15, 0.2) is 48.4 Å². The van der Waals surface area contributed by atoms with E-state index in [0.717, 1.165) is 41.7 Å².